The zero-order valence-electron chi connectivity index (χ0n) is 31.8. The molecule has 1 N–H and O–H groups in total. The van der Waals surface area contributed by atoms with Crippen LogP contribution in [-0.4, -0.2) is 72.4 Å². The van der Waals surface area contributed by atoms with Gasteiger partial charge in [0.1, 0.15) is 6.10 Å². The number of rotatable bonds is 8. The summed E-state index contributed by atoms with van der Waals surface area (Å²) in [6, 6.07) is 7.37. The van der Waals surface area contributed by atoms with Crippen LogP contribution in [0.4, 0.5) is 0 Å². The molecule has 4 bridgehead atoms. The maximum Gasteiger partial charge on any atom is 0.306 e. The molecule has 5 fully saturated rings. The van der Waals surface area contributed by atoms with Gasteiger partial charge in [-0.2, -0.15) is 0 Å². The maximum absolute atomic E-state index is 15.0. The molecular weight excluding hydrogens is 719 g/mol. The number of sulfonamides is 1. The van der Waals surface area contributed by atoms with Crippen molar-refractivity contribution in [1.82, 2.24) is 14.6 Å². The largest absolute Gasteiger partial charge is 0.472 e. The molecule has 1 spiro atoms. The molecule has 8 rings (SSSR count). The van der Waals surface area contributed by atoms with Gasteiger partial charge in [-0.15, -0.1) is 6.58 Å². The molecule has 4 saturated carbocycles. The maximum atomic E-state index is 15.0. The molecule has 4 aliphatic carbocycles. The van der Waals surface area contributed by atoms with Gasteiger partial charge in [0.2, 0.25) is 27.7 Å². The summed E-state index contributed by atoms with van der Waals surface area (Å²) in [6.45, 7) is 4.34. The van der Waals surface area contributed by atoms with Crippen LogP contribution in [0.15, 0.2) is 43.1 Å². The summed E-state index contributed by atoms with van der Waals surface area (Å²) in [7, 11) is -3.83. The molecule has 1 aromatic heterocycles. The van der Waals surface area contributed by atoms with E-state index in [0.717, 1.165) is 93.4 Å². The van der Waals surface area contributed by atoms with E-state index in [0.29, 0.717) is 31.7 Å². The normalized spacial score (nSPS) is 30.4. The lowest BCUT2D eigenvalue weighted by atomic mass is 9.77. The van der Waals surface area contributed by atoms with E-state index in [2.05, 4.69) is 34.5 Å². The lowest BCUT2D eigenvalue weighted by Crippen LogP contribution is -2.48. The Labute approximate surface area is 324 Å². The Morgan fingerprint density at radius 1 is 1.00 bits per heavy atom. The van der Waals surface area contributed by atoms with Crippen molar-refractivity contribution in [2.75, 3.05) is 13.2 Å². The average Bonchev–Trinajstić information content (AvgIpc) is 4.07. The van der Waals surface area contributed by atoms with Crippen LogP contribution in [0.2, 0.25) is 0 Å². The number of nitrogens with zero attached hydrogens (tertiary/aromatic N) is 2. The van der Waals surface area contributed by atoms with Gasteiger partial charge in [0, 0.05) is 29.8 Å². The highest BCUT2D eigenvalue weighted by molar-refractivity contribution is 7.90. The van der Waals surface area contributed by atoms with Gasteiger partial charge in [0.05, 0.1) is 42.2 Å². The quantitative estimate of drug-likeness (QED) is 0.239. The van der Waals surface area contributed by atoms with E-state index >= 15 is 0 Å². The van der Waals surface area contributed by atoms with Crippen molar-refractivity contribution in [3.63, 3.8) is 0 Å². The predicted molar refractivity (Wildman–Crippen MR) is 206 cm³/mol. The van der Waals surface area contributed by atoms with Crippen LogP contribution >= 0.6 is 0 Å². The van der Waals surface area contributed by atoms with Gasteiger partial charge in [-0.3, -0.25) is 23.9 Å². The summed E-state index contributed by atoms with van der Waals surface area (Å²) in [5, 5.41) is 1.27. The number of nitrogens with one attached hydrogen (secondary N) is 1. The number of Topliss-reactive ketones (excluding diaryl/α,β-unsaturated/α-hetero) is 1. The summed E-state index contributed by atoms with van der Waals surface area (Å²) >= 11 is 0. The minimum absolute atomic E-state index is 0.0213. The first-order chi connectivity index (χ1) is 26.5. The third-order valence-electron chi connectivity index (χ3n) is 13.8. The van der Waals surface area contributed by atoms with Crippen LogP contribution in [0.5, 0.6) is 5.88 Å². The number of hydrogen-bond acceptors (Lipinski definition) is 9. The fourth-order valence-corrected chi connectivity index (χ4v) is 11.7. The van der Waals surface area contributed by atoms with Gasteiger partial charge in [0.25, 0.3) is 0 Å². The Kier molecular flexibility index (Phi) is 10.6. The number of fused-ring (bicyclic) bond motifs is 3. The molecule has 0 radical (unpaired) electrons. The molecule has 5 atom stereocenters. The number of cyclic esters (lactones) is 1. The Balaban J connectivity index is 1.12. The molecular formula is C43H55N3O8S. The number of carbonyl (C=O) groups is 4. The summed E-state index contributed by atoms with van der Waals surface area (Å²) in [5.74, 6) is -2.23. The van der Waals surface area contributed by atoms with Crippen molar-refractivity contribution in [3.8, 4) is 5.88 Å². The number of esters is 1. The zero-order valence-corrected chi connectivity index (χ0v) is 32.7. The third-order valence-corrected chi connectivity index (χ3v) is 15.7. The number of allylic oxidation sites excluding steroid dienone is 1. The molecule has 1 saturated heterocycles. The lowest BCUT2D eigenvalue weighted by Gasteiger charge is -2.34. The van der Waals surface area contributed by atoms with Crippen LogP contribution in [0, 0.1) is 28.6 Å². The minimum Gasteiger partial charge on any atom is -0.472 e. The van der Waals surface area contributed by atoms with E-state index < -0.39 is 44.7 Å². The summed E-state index contributed by atoms with van der Waals surface area (Å²) in [5.41, 5.74) is -0.155. The van der Waals surface area contributed by atoms with Crippen LogP contribution in [0.25, 0.3) is 10.8 Å². The van der Waals surface area contributed by atoms with Crippen molar-refractivity contribution in [1.29, 1.82) is 0 Å². The second-order valence-electron chi connectivity index (χ2n) is 17.6. The van der Waals surface area contributed by atoms with Crippen LogP contribution in [0.1, 0.15) is 115 Å². The second kappa shape index (κ2) is 15.3. The molecule has 2 aliphatic heterocycles. The van der Waals surface area contributed by atoms with Crippen LogP contribution in [-0.2, 0) is 40.4 Å². The van der Waals surface area contributed by atoms with E-state index in [1.807, 2.05) is 6.07 Å². The molecule has 2 aromatic rings. The first-order valence-electron chi connectivity index (χ1n) is 20.7. The fourth-order valence-electron chi connectivity index (χ4n) is 10.3. The average molecular weight is 774 g/mol. The standard InChI is InChI=1S/C43H55N3O8S/c1-2-31-24-43(31,41(50)45-55(51,52)33-14-15-33)25-37(47)36-22-32-26-46(36)40(49)35(29-10-4-3-5-11-29)23-38(48)53-27-42(17-6-7-18-42)19-8-9-28-12-13-30-16-20-44-39(54-32)34(30)21-28/h2,12-13,16,20-21,29,31-33,35-36H,1,3-11,14-15,17-19,22-27H2,(H,45,50)/t31-,32-,35+,36+,43-/m1/s1. The number of ether oxygens (including phenoxy) is 2. The molecule has 2 amide bonds. The molecule has 1 aromatic carbocycles. The van der Waals surface area contributed by atoms with E-state index in [9.17, 15) is 27.6 Å². The highest BCUT2D eigenvalue weighted by Gasteiger charge is 2.61. The Morgan fingerprint density at radius 2 is 1.76 bits per heavy atom. The summed E-state index contributed by atoms with van der Waals surface area (Å²) in [6.07, 6.45) is 15.7. The van der Waals surface area contributed by atoms with E-state index in [1.54, 1.807) is 17.2 Å². The van der Waals surface area contributed by atoms with Crippen molar-refractivity contribution >= 4 is 44.4 Å². The SMILES string of the molecule is C=C[C@@H]1C[C@]1(CC(=O)[C@@H]1C[C@@H]2CN1C(=O)[C@H](C1CCCCC1)CC(=O)OCC1(CCCC1)CCCc1ccc3ccnc(c3c1)O2)C(=O)NS(=O)(=O)C1CC1. The first kappa shape index (κ1) is 38.1. The van der Waals surface area contributed by atoms with Crippen molar-refractivity contribution in [2.24, 2.45) is 28.6 Å². The van der Waals surface area contributed by atoms with Gasteiger partial charge in [-0.25, -0.2) is 13.4 Å². The Morgan fingerprint density at radius 3 is 2.49 bits per heavy atom. The topological polar surface area (TPSA) is 149 Å². The number of hydrogen-bond donors (Lipinski definition) is 1. The van der Waals surface area contributed by atoms with Gasteiger partial charge in [-0.05, 0) is 99.1 Å². The number of pyridine rings is 1. The van der Waals surface area contributed by atoms with Gasteiger partial charge in [-0.1, -0.05) is 50.3 Å². The number of aryl methyl sites for hydroxylation is 1. The van der Waals surface area contributed by atoms with E-state index in [4.69, 9.17) is 9.47 Å². The highest BCUT2D eigenvalue weighted by Crippen LogP contribution is 2.57. The number of ketones is 1. The highest BCUT2D eigenvalue weighted by atomic mass is 32.2. The van der Waals surface area contributed by atoms with Gasteiger partial charge >= 0.3 is 5.97 Å². The summed E-state index contributed by atoms with van der Waals surface area (Å²) < 4.78 is 40.6. The van der Waals surface area contributed by atoms with E-state index in [-0.39, 0.29) is 60.7 Å². The summed E-state index contributed by atoms with van der Waals surface area (Å²) in [4.78, 5) is 63.2. The first-order valence-corrected chi connectivity index (χ1v) is 22.3. The molecule has 6 aliphatic rings. The Bertz CT molecular complexity index is 1950. The number of amides is 2. The zero-order chi connectivity index (χ0) is 38.4. The monoisotopic (exact) mass is 773 g/mol. The van der Waals surface area contributed by atoms with Crippen molar-refractivity contribution < 1.29 is 37.1 Å². The fraction of sp³-hybridized carbons (Fsp3) is 0.651. The minimum atomic E-state index is -3.83. The van der Waals surface area contributed by atoms with Crippen molar-refractivity contribution in [2.45, 2.75) is 133 Å². The Hall–Kier alpha value is -3.80. The molecule has 0 unspecified atom stereocenters. The lowest BCUT2D eigenvalue weighted by molar-refractivity contribution is -0.154. The van der Waals surface area contributed by atoms with Gasteiger partial charge < -0.3 is 14.4 Å². The predicted octanol–water partition coefficient (Wildman–Crippen LogP) is 6.37. The molecule has 296 valence electrons. The third kappa shape index (κ3) is 7.94. The van der Waals surface area contributed by atoms with Crippen molar-refractivity contribution in [3.05, 3.63) is 48.7 Å². The number of carbonyl (C=O) groups excluding carboxylic acids is 4. The number of benzene rings is 1. The smallest absolute Gasteiger partial charge is 0.306 e. The molecule has 11 nitrogen and oxygen atoms in total. The number of aromatic nitrogens is 1. The van der Waals surface area contributed by atoms with E-state index in [1.165, 1.54) is 0 Å². The van der Waals surface area contributed by atoms with Crippen LogP contribution in [0.3, 0.4) is 0 Å². The molecule has 3 heterocycles. The molecule has 12 heteroatoms. The van der Waals surface area contributed by atoms with Gasteiger partial charge in [0.15, 0.2) is 5.78 Å². The van der Waals surface area contributed by atoms with Crippen LogP contribution < -0.4 is 9.46 Å². The molecule has 55 heavy (non-hydrogen) atoms. The second-order valence-corrected chi connectivity index (χ2v) is 19.6.